The molecule has 0 unspecified atom stereocenters. The first-order valence-corrected chi connectivity index (χ1v) is 4.86. The van der Waals surface area contributed by atoms with Gasteiger partial charge in [0.25, 0.3) is 5.88 Å². The number of rotatable bonds is 3. The summed E-state index contributed by atoms with van der Waals surface area (Å²) in [6, 6.07) is 7.46. The summed E-state index contributed by atoms with van der Waals surface area (Å²) in [5, 5.41) is 10.6. The fraction of sp³-hybridized carbons (Fsp3) is 0.100. The normalized spacial score (nSPS) is 8.76. The zero-order chi connectivity index (χ0) is 12.5. The molecule has 1 heterocycles. The standard InChI is InChI=1S/C9H8ClN3O.CO2/c10-8-3-1-7(2-4-8)6-14-9-5-11-13-12-9;2-1-3/h1-5H,6H2,(H,11,12,13);. The quantitative estimate of drug-likeness (QED) is 0.895. The Bertz CT molecular complexity index is 464. The van der Waals surface area contributed by atoms with E-state index in [0.717, 1.165) is 10.6 Å². The summed E-state index contributed by atoms with van der Waals surface area (Å²) >= 11 is 5.74. The van der Waals surface area contributed by atoms with Crippen molar-refractivity contribution in [1.29, 1.82) is 0 Å². The molecule has 0 amide bonds. The first-order chi connectivity index (χ1) is 8.26. The van der Waals surface area contributed by atoms with Crippen LogP contribution in [0.3, 0.4) is 0 Å². The average Bonchev–Trinajstić information content (AvgIpc) is 2.82. The summed E-state index contributed by atoms with van der Waals surface area (Å²) in [5.74, 6) is 0.486. The van der Waals surface area contributed by atoms with Gasteiger partial charge in [-0.3, -0.25) is 0 Å². The fourth-order valence-corrected chi connectivity index (χ4v) is 1.12. The molecular weight excluding hydrogens is 246 g/mol. The summed E-state index contributed by atoms with van der Waals surface area (Å²) < 4.78 is 5.32. The SMILES string of the molecule is Clc1ccc(COc2cn[nH]n2)cc1.O=C=O. The van der Waals surface area contributed by atoms with Crippen LogP contribution in [0.25, 0.3) is 0 Å². The van der Waals surface area contributed by atoms with Crippen molar-refractivity contribution < 1.29 is 14.3 Å². The summed E-state index contributed by atoms with van der Waals surface area (Å²) in [6.07, 6.45) is 1.77. The number of nitrogens with one attached hydrogen (secondary N) is 1. The Morgan fingerprint density at radius 3 is 2.47 bits per heavy atom. The molecule has 2 rings (SSSR count). The molecule has 88 valence electrons. The molecule has 0 aliphatic carbocycles. The lowest BCUT2D eigenvalue weighted by Gasteiger charge is -2.01. The van der Waals surface area contributed by atoms with Gasteiger partial charge in [-0.15, -0.1) is 5.10 Å². The van der Waals surface area contributed by atoms with Crippen molar-refractivity contribution in [3.8, 4) is 5.88 Å². The number of aromatic amines is 1. The van der Waals surface area contributed by atoms with E-state index >= 15 is 0 Å². The van der Waals surface area contributed by atoms with Crippen LogP contribution in [0.5, 0.6) is 5.88 Å². The zero-order valence-electron chi connectivity index (χ0n) is 8.59. The molecule has 0 fully saturated rings. The fourth-order valence-electron chi connectivity index (χ4n) is 0.999. The molecule has 0 radical (unpaired) electrons. The van der Waals surface area contributed by atoms with Gasteiger partial charge in [0.15, 0.2) is 0 Å². The Balaban J connectivity index is 0.000000437. The van der Waals surface area contributed by atoms with Crippen molar-refractivity contribution in [3.05, 3.63) is 41.0 Å². The molecule has 0 aliphatic rings. The average molecular weight is 254 g/mol. The number of halogens is 1. The predicted octanol–water partition coefficient (Wildman–Crippen LogP) is 1.45. The topological polar surface area (TPSA) is 84.9 Å². The van der Waals surface area contributed by atoms with E-state index < -0.39 is 0 Å². The predicted molar refractivity (Wildman–Crippen MR) is 57.2 cm³/mol. The van der Waals surface area contributed by atoms with E-state index in [4.69, 9.17) is 25.9 Å². The molecule has 17 heavy (non-hydrogen) atoms. The van der Waals surface area contributed by atoms with Crippen LogP contribution < -0.4 is 4.74 Å². The van der Waals surface area contributed by atoms with Gasteiger partial charge in [-0.25, -0.2) is 0 Å². The molecule has 0 atom stereocenters. The largest absolute Gasteiger partial charge is 0.471 e. The zero-order valence-corrected chi connectivity index (χ0v) is 9.35. The van der Waals surface area contributed by atoms with E-state index in [1.54, 1.807) is 0 Å². The van der Waals surface area contributed by atoms with Crippen molar-refractivity contribution in [2.45, 2.75) is 6.61 Å². The van der Waals surface area contributed by atoms with Gasteiger partial charge in [-0.05, 0) is 17.7 Å². The molecule has 1 aromatic carbocycles. The Hall–Kier alpha value is -2.17. The van der Waals surface area contributed by atoms with E-state index in [1.807, 2.05) is 24.3 Å². The van der Waals surface area contributed by atoms with Crippen molar-refractivity contribution >= 4 is 17.8 Å². The maximum Gasteiger partial charge on any atom is 0.373 e. The molecule has 1 aromatic heterocycles. The van der Waals surface area contributed by atoms with Gasteiger partial charge >= 0.3 is 6.15 Å². The van der Waals surface area contributed by atoms with Gasteiger partial charge in [0.05, 0.1) is 0 Å². The van der Waals surface area contributed by atoms with Gasteiger partial charge in [0.2, 0.25) is 0 Å². The Morgan fingerprint density at radius 1 is 1.29 bits per heavy atom. The third-order valence-corrected chi connectivity index (χ3v) is 1.94. The van der Waals surface area contributed by atoms with Gasteiger partial charge < -0.3 is 4.74 Å². The minimum absolute atomic E-state index is 0.250. The van der Waals surface area contributed by atoms with E-state index in [2.05, 4.69) is 15.4 Å². The summed E-state index contributed by atoms with van der Waals surface area (Å²) in [5.41, 5.74) is 1.04. The Labute approximate surface area is 102 Å². The highest BCUT2D eigenvalue weighted by Gasteiger charge is 1.97. The number of H-pyrrole nitrogens is 1. The molecule has 0 saturated heterocycles. The van der Waals surface area contributed by atoms with Gasteiger partial charge in [0, 0.05) is 5.02 Å². The van der Waals surface area contributed by atoms with Crippen LogP contribution in [-0.4, -0.2) is 21.6 Å². The molecule has 0 aliphatic heterocycles. The lowest BCUT2D eigenvalue weighted by atomic mass is 10.2. The van der Waals surface area contributed by atoms with Gasteiger partial charge in [0.1, 0.15) is 12.8 Å². The second kappa shape index (κ2) is 7.16. The van der Waals surface area contributed by atoms with Crippen LogP contribution in [0.1, 0.15) is 5.56 Å². The van der Waals surface area contributed by atoms with Crippen molar-refractivity contribution in [1.82, 2.24) is 15.4 Å². The monoisotopic (exact) mass is 253 g/mol. The number of carbonyl (C=O) groups excluding carboxylic acids is 2. The molecule has 0 saturated carbocycles. The minimum Gasteiger partial charge on any atom is -0.471 e. The maximum absolute atomic E-state index is 8.12. The first-order valence-electron chi connectivity index (χ1n) is 4.48. The number of ether oxygens (including phenoxy) is 1. The second-order valence-corrected chi connectivity index (χ2v) is 3.24. The lowest BCUT2D eigenvalue weighted by Crippen LogP contribution is -1.95. The highest BCUT2D eigenvalue weighted by molar-refractivity contribution is 6.30. The van der Waals surface area contributed by atoms with Crippen LogP contribution in [-0.2, 0) is 16.2 Å². The van der Waals surface area contributed by atoms with E-state index in [0.29, 0.717) is 12.5 Å². The molecule has 1 N–H and O–H groups in total. The molecule has 0 bridgehead atoms. The smallest absolute Gasteiger partial charge is 0.373 e. The first kappa shape index (κ1) is 12.9. The minimum atomic E-state index is 0.250. The third kappa shape index (κ3) is 4.92. The van der Waals surface area contributed by atoms with Crippen molar-refractivity contribution in [3.63, 3.8) is 0 Å². The number of aromatic nitrogens is 3. The van der Waals surface area contributed by atoms with Gasteiger partial charge in [-0.1, -0.05) is 23.7 Å². The molecule has 7 heteroatoms. The molecular formula is C10H8ClN3O3. The highest BCUT2D eigenvalue weighted by atomic mass is 35.5. The molecule has 6 nitrogen and oxygen atoms in total. The number of hydrogen-bond acceptors (Lipinski definition) is 5. The molecule has 2 aromatic rings. The summed E-state index contributed by atoms with van der Waals surface area (Å²) in [4.78, 5) is 16.2. The maximum atomic E-state index is 8.12. The summed E-state index contributed by atoms with van der Waals surface area (Å²) in [7, 11) is 0. The van der Waals surface area contributed by atoms with Crippen molar-refractivity contribution in [2.24, 2.45) is 0 Å². The third-order valence-electron chi connectivity index (χ3n) is 1.69. The number of nitrogens with zero attached hydrogens (tertiary/aromatic N) is 2. The van der Waals surface area contributed by atoms with Crippen LogP contribution in [0.15, 0.2) is 30.5 Å². The number of hydrogen-bond donors (Lipinski definition) is 1. The highest BCUT2D eigenvalue weighted by Crippen LogP contribution is 2.11. The number of benzene rings is 1. The van der Waals surface area contributed by atoms with Crippen LogP contribution in [0, 0.1) is 0 Å². The Morgan fingerprint density at radius 2 is 1.94 bits per heavy atom. The Kier molecular flexibility index (Phi) is 5.43. The van der Waals surface area contributed by atoms with Crippen LogP contribution in [0.4, 0.5) is 0 Å². The lowest BCUT2D eigenvalue weighted by molar-refractivity contribution is -0.191. The summed E-state index contributed by atoms with van der Waals surface area (Å²) in [6.45, 7) is 0.462. The van der Waals surface area contributed by atoms with Crippen LogP contribution in [0.2, 0.25) is 5.02 Å². The van der Waals surface area contributed by atoms with Gasteiger partial charge in [-0.2, -0.15) is 19.9 Å². The van der Waals surface area contributed by atoms with Crippen molar-refractivity contribution in [2.75, 3.05) is 0 Å². The van der Waals surface area contributed by atoms with E-state index in [9.17, 15) is 0 Å². The molecule has 0 spiro atoms. The van der Waals surface area contributed by atoms with E-state index in [-0.39, 0.29) is 6.15 Å². The second-order valence-electron chi connectivity index (χ2n) is 2.81. The van der Waals surface area contributed by atoms with E-state index in [1.165, 1.54) is 6.20 Å². The van der Waals surface area contributed by atoms with Crippen LogP contribution >= 0.6 is 11.6 Å².